The van der Waals surface area contributed by atoms with E-state index >= 15 is 0 Å². The van der Waals surface area contributed by atoms with Gasteiger partial charge in [-0.25, -0.2) is 4.79 Å². The SMILES string of the molecule is CC(C(=O)NC(N)=O)C1CNC1. The van der Waals surface area contributed by atoms with Gasteiger partial charge in [-0.15, -0.1) is 0 Å². The summed E-state index contributed by atoms with van der Waals surface area (Å²) < 4.78 is 0. The average molecular weight is 171 g/mol. The van der Waals surface area contributed by atoms with Crippen LogP contribution in [0.5, 0.6) is 0 Å². The summed E-state index contributed by atoms with van der Waals surface area (Å²) in [6.07, 6.45) is 0. The van der Waals surface area contributed by atoms with E-state index < -0.39 is 6.03 Å². The minimum absolute atomic E-state index is 0.140. The van der Waals surface area contributed by atoms with E-state index in [9.17, 15) is 9.59 Å². The van der Waals surface area contributed by atoms with E-state index in [1.54, 1.807) is 6.92 Å². The number of hydrogen-bond donors (Lipinski definition) is 3. The number of carbonyl (C=O) groups excluding carboxylic acids is 2. The van der Waals surface area contributed by atoms with Crippen LogP contribution in [0.2, 0.25) is 0 Å². The van der Waals surface area contributed by atoms with Crippen LogP contribution in [0.15, 0.2) is 0 Å². The number of imide groups is 1. The average Bonchev–Trinajstić information content (AvgIpc) is 1.81. The van der Waals surface area contributed by atoms with Gasteiger partial charge in [0.25, 0.3) is 0 Å². The maximum atomic E-state index is 11.1. The molecule has 0 aromatic heterocycles. The first-order chi connectivity index (χ1) is 5.61. The molecule has 12 heavy (non-hydrogen) atoms. The molecule has 1 heterocycles. The molecule has 1 aliphatic rings. The van der Waals surface area contributed by atoms with Crippen molar-refractivity contribution in [1.29, 1.82) is 0 Å². The highest BCUT2D eigenvalue weighted by atomic mass is 16.2. The summed E-state index contributed by atoms with van der Waals surface area (Å²) in [7, 11) is 0. The van der Waals surface area contributed by atoms with E-state index in [0.717, 1.165) is 13.1 Å². The molecular weight excluding hydrogens is 158 g/mol. The van der Waals surface area contributed by atoms with Crippen molar-refractivity contribution in [2.45, 2.75) is 6.92 Å². The molecule has 0 aromatic carbocycles. The number of primary amides is 1. The van der Waals surface area contributed by atoms with E-state index in [1.165, 1.54) is 0 Å². The van der Waals surface area contributed by atoms with Crippen molar-refractivity contribution in [2.75, 3.05) is 13.1 Å². The Hall–Kier alpha value is -1.10. The van der Waals surface area contributed by atoms with Crippen molar-refractivity contribution in [3.05, 3.63) is 0 Å². The lowest BCUT2D eigenvalue weighted by atomic mass is 9.88. The highest BCUT2D eigenvalue weighted by molar-refractivity contribution is 5.94. The van der Waals surface area contributed by atoms with Gasteiger partial charge in [0.2, 0.25) is 5.91 Å². The number of nitrogens with two attached hydrogens (primary N) is 1. The number of rotatable bonds is 2. The van der Waals surface area contributed by atoms with E-state index in [1.807, 2.05) is 0 Å². The Morgan fingerprint density at radius 2 is 2.17 bits per heavy atom. The van der Waals surface area contributed by atoms with Gasteiger partial charge < -0.3 is 11.1 Å². The summed E-state index contributed by atoms with van der Waals surface area (Å²) in [5.41, 5.74) is 4.80. The van der Waals surface area contributed by atoms with E-state index in [0.29, 0.717) is 5.92 Å². The lowest BCUT2D eigenvalue weighted by molar-refractivity contribution is -0.125. The van der Waals surface area contributed by atoms with Gasteiger partial charge in [0, 0.05) is 5.92 Å². The molecule has 5 heteroatoms. The molecule has 1 unspecified atom stereocenters. The molecule has 0 radical (unpaired) electrons. The minimum atomic E-state index is -0.779. The van der Waals surface area contributed by atoms with Crippen molar-refractivity contribution >= 4 is 11.9 Å². The minimum Gasteiger partial charge on any atom is -0.351 e. The molecule has 1 rings (SSSR count). The molecule has 1 fully saturated rings. The number of urea groups is 1. The first kappa shape index (κ1) is 8.99. The summed E-state index contributed by atoms with van der Waals surface area (Å²) >= 11 is 0. The van der Waals surface area contributed by atoms with Crippen LogP contribution in [0.3, 0.4) is 0 Å². The maximum Gasteiger partial charge on any atom is 0.318 e. The number of amides is 3. The monoisotopic (exact) mass is 171 g/mol. The summed E-state index contributed by atoms with van der Waals surface area (Å²) in [6.45, 7) is 3.48. The molecule has 0 saturated carbocycles. The predicted octanol–water partition coefficient (Wildman–Crippen LogP) is -0.963. The first-order valence-corrected chi connectivity index (χ1v) is 3.92. The Labute approximate surface area is 70.7 Å². The van der Waals surface area contributed by atoms with Crippen molar-refractivity contribution in [1.82, 2.24) is 10.6 Å². The molecule has 0 bridgehead atoms. The Morgan fingerprint density at radius 3 is 2.50 bits per heavy atom. The Bertz CT molecular complexity index is 201. The molecule has 0 aliphatic carbocycles. The topological polar surface area (TPSA) is 84.2 Å². The van der Waals surface area contributed by atoms with Crippen molar-refractivity contribution < 1.29 is 9.59 Å². The maximum absolute atomic E-state index is 11.1. The third kappa shape index (κ3) is 1.94. The highest BCUT2D eigenvalue weighted by Gasteiger charge is 2.28. The fourth-order valence-corrected chi connectivity index (χ4v) is 1.11. The Kier molecular flexibility index (Phi) is 2.65. The van der Waals surface area contributed by atoms with Gasteiger partial charge in [0.05, 0.1) is 0 Å². The molecule has 1 atom stereocenters. The molecule has 5 nitrogen and oxygen atoms in total. The molecule has 1 aliphatic heterocycles. The van der Waals surface area contributed by atoms with Crippen LogP contribution in [-0.4, -0.2) is 25.0 Å². The zero-order valence-corrected chi connectivity index (χ0v) is 6.96. The van der Waals surface area contributed by atoms with Crippen LogP contribution >= 0.6 is 0 Å². The standard InChI is InChI=1S/C7H13N3O2/c1-4(5-2-9-3-5)6(11)10-7(8)12/h4-5,9H,2-3H2,1H3,(H3,8,10,11,12). The molecule has 4 N–H and O–H groups in total. The van der Waals surface area contributed by atoms with Gasteiger partial charge in [-0.05, 0) is 19.0 Å². The van der Waals surface area contributed by atoms with Gasteiger partial charge in [-0.3, -0.25) is 10.1 Å². The van der Waals surface area contributed by atoms with Gasteiger partial charge in [0.1, 0.15) is 0 Å². The van der Waals surface area contributed by atoms with Crippen LogP contribution in [0.4, 0.5) is 4.79 Å². The lowest BCUT2D eigenvalue weighted by Crippen LogP contribution is -2.51. The summed E-state index contributed by atoms with van der Waals surface area (Å²) in [5.74, 6) is -0.0860. The zero-order chi connectivity index (χ0) is 9.14. The molecule has 3 amide bonds. The lowest BCUT2D eigenvalue weighted by Gasteiger charge is -2.31. The molecular formula is C7H13N3O2. The number of nitrogens with one attached hydrogen (secondary N) is 2. The normalized spacial score (nSPS) is 19.4. The third-order valence-corrected chi connectivity index (χ3v) is 2.18. The molecule has 68 valence electrons. The van der Waals surface area contributed by atoms with Crippen LogP contribution in [0.25, 0.3) is 0 Å². The fourth-order valence-electron chi connectivity index (χ4n) is 1.11. The quantitative estimate of drug-likeness (QED) is 0.500. The van der Waals surface area contributed by atoms with Gasteiger partial charge in [-0.1, -0.05) is 6.92 Å². The van der Waals surface area contributed by atoms with Gasteiger partial charge in [0.15, 0.2) is 0 Å². The first-order valence-electron chi connectivity index (χ1n) is 3.92. The Balaban J connectivity index is 2.34. The molecule has 1 saturated heterocycles. The summed E-state index contributed by atoms with van der Waals surface area (Å²) in [4.78, 5) is 21.5. The van der Waals surface area contributed by atoms with Crippen molar-refractivity contribution in [3.63, 3.8) is 0 Å². The largest absolute Gasteiger partial charge is 0.351 e. The van der Waals surface area contributed by atoms with Crippen LogP contribution in [-0.2, 0) is 4.79 Å². The highest BCUT2D eigenvalue weighted by Crippen LogP contribution is 2.15. The second-order valence-corrected chi connectivity index (χ2v) is 3.06. The van der Waals surface area contributed by atoms with E-state index in [4.69, 9.17) is 5.73 Å². The Morgan fingerprint density at radius 1 is 1.58 bits per heavy atom. The second-order valence-electron chi connectivity index (χ2n) is 3.06. The van der Waals surface area contributed by atoms with Crippen LogP contribution in [0, 0.1) is 11.8 Å². The second kappa shape index (κ2) is 3.53. The predicted molar refractivity (Wildman–Crippen MR) is 43.2 cm³/mol. The van der Waals surface area contributed by atoms with E-state index in [-0.39, 0.29) is 11.8 Å². The van der Waals surface area contributed by atoms with Gasteiger partial charge in [-0.2, -0.15) is 0 Å². The van der Waals surface area contributed by atoms with E-state index in [2.05, 4.69) is 10.6 Å². The summed E-state index contributed by atoms with van der Waals surface area (Å²) in [5, 5.41) is 5.12. The van der Waals surface area contributed by atoms with Crippen molar-refractivity contribution in [3.8, 4) is 0 Å². The van der Waals surface area contributed by atoms with Crippen LogP contribution in [0.1, 0.15) is 6.92 Å². The third-order valence-electron chi connectivity index (χ3n) is 2.18. The fraction of sp³-hybridized carbons (Fsp3) is 0.714. The van der Waals surface area contributed by atoms with Crippen LogP contribution < -0.4 is 16.4 Å². The molecule has 0 spiro atoms. The zero-order valence-electron chi connectivity index (χ0n) is 6.96. The smallest absolute Gasteiger partial charge is 0.318 e. The number of hydrogen-bond acceptors (Lipinski definition) is 3. The number of carbonyl (C=O) groups is 2. The molecule has 0 aromatic rings. The summed E-state index contributed by atoms with van der Waals surface area (Å²) in [6, 6.07) is -0.779. The van der Waals surface area contributed by atoms with Gasteiger partial charge >= 0.3 is 6.03 Å². The van der Waals surface area contributed by atoms with Crippen molar-refractivity contribution in [2.24, 2.45) is 17.6 Å².